The van der Waals surface area contributed by atoms with Gasteiger partial charge in [0.1, 0.15) is 0 Å². The summed E-state index contributed by atoms with van der Waals surface area (Å²) < 4.78 is 26.2. The molecule has 0 radical (unpaired) electrons. The summed E-state index contributed by atoms with van der Waals surface area (Å²) in [5, 5.41) is 3.15. The van der Waals surface area contributed by atoms with Crippen LogP contribution in [0.3, 0.4) is 0 Å². The summed E-state index contributed by atoms with van der Waals surface area (Å²) in [5.41, 5.74) is 5.90. The third-order valence-electron chi connectivity index (χ3n) is 6.48. The molecular weight excluding hydrogens is 444 g/mol. The zero-order chi connectivity index (χ0) is 24.1. The number of fused-ring (bicyclic) bond motifs is 1. The van der Waals surface area contributed by atoms with Crippen LogP contribution in [0.4, 0.5) is 5.69 Å². The molecule has 1 atom stereocenters. The number of hydrogen-bond donors (Lipinski definition) is 1. The fraction of sp³-hybridized carbons (Fsp3) is 0.321. The van der Waals surface area contributed by atoms with Crippen LogP contribution in [0.5, 0.6) is 0 Å². The first-order valence-electron chi connectivity index (χ1n) is 11.9. The average molecular weight is 477 g/mol. The highest BCUT2D eigenvalue weighted by molar-refractivity contribution is 7.92. The monoisotopic (exact) mass is 476 g/mol. The Morgan fingerprint density at radius 2 is 1.62 bits per heavy atom. The highest BCUT2D eigenvalue weighted by Gasteiger charge is 2.20. The largest absolute Gasteiger partial charge is 0.345 e. The summed E-state index contributed by atoms with van der Waals surface area (Å²) in [7, 11) is -3.48. The van der Waals surface area contributed by atoms with Crippen LogP contribution in [-0.2, 0) is 29.4 Å². The number of amides is 1. The number of hydrogen-bond acceptors (Lipinski definition) is 3. The minimum atomic E-state index is -3.48. The lowest BCUT2D eigenvalue weighted by molar-refractivity contribution is 0.0935. The summed E-state index contributed by atoms with van der Waals surface area (Å²) in [6.45, 7) is 2.31. The van der Waals surface area contributed by atoms with Gasteiger partial charge < -0.3 is 5.32 Å². The van der Waals surface area contributed by atoms with Crippen molar-refractivity contribution in [3.8, 4) is 0 Å². The lowest BCUT2D eigenvalue weighted by Crippen LogP contribution is -2.30. The molecule has 1 amide bonds. The van der Waals surface area contributed by atoms with Crippen LogP contribution in [0.25, 0.3) is 0 Å². The summed E-state index contributed by atoms with van der Waals surface area (Å²) in [4.78, 5) is 13.0. The molecule has 1 aliphatic carbocycles. The molecule has 0 bridgehead atoms. The SMILES string of the molecule is CC[C@@H](NC(=O)c1ccc(N(Cc2ccccc2)S(C)(=O)=O)cc1)c1ccc2c(c1)CCCC2. The van der Waals surface area contributed by atoms with Crippen molar-refractivity contribution in [1.29, 1.82) is 0 Å². The first-order chi connectivity index (χ1) is 16.3. The Balaban J connectivity index is 1.49. The van der Waals surface area contributed by atoms with Crippen molar-refractivity contribution < 1.29 is 13.2 Å². The number of nitrogens with zero attached hydrogens (tertiary/aromatic N) is 1. The molecule has 178 valence electrons. The Labute approximate surface area is 202 Å². The maximum atomic E-state index is 13.0. The Morgan fingerprint density at radius 1 is 0.941 bits per heavy atom. The molecule has 1 aliphatic rings. The highest BCUT2D eigenvalue weighted by Crippen LogP contribution is 2.27. The second kappa shape index (κ2) is 10.4. The van der Waals surface area contributed by atoms with Crippen molar-refractivity contribution in [2.45, 2.75) is 51.6 Å². The summed E-state index contributed by atoms with van der Waals surface area (Å²) in [6, 6.07) is 22.7. The molecule has 5 nitrogen and oxygen atoms in total. The van der Waals surface area contributed by atoms with E-state index in [-0.39, 0.29) is 18.5 Å². The smallest absolute Gasteiger partial charge is 0.251 e. The zero-order valence-electron chi connectivity index (χ0n) is 19.8. The molecule has 0 aromatic heterocycles. The van der Waals surface area contributed by atoms with Crippen LogP contribution in [0.1, 0.15) is 64.8 Å². The predicted octanol–water partition coefficient (Wildman–Crippen LogP) is 5.41. The molecule has 4 rings (SSSR count). The quantitative estimate of drug-likeness (QED) is 0.473. The Kier molecular flexibility index (Phi) is 7.37. The van der Waals surface area contributed by atoms with Gasteiger partial charge >= 0.3 is 0 Å². The van der Waals surface area contributed by atoms with E-state index in [0.29, 0.717) is 11.3 Å². The van der Waals surface area contributed by atoms with Crippen LogP contribution in [0.15, 0.2) is 72.8 Å². The van der Waals surface area contributed by atoms with Gasteiger partial charge in [-0.1, -0.05) is 55.5 Å². The summed E-state index contributed by atoms with van der Waals surface area (Å²) >= 11 is 0. The number of rotatable bonds is 8. The average Bonchev–Trinajstić information content (AvgIpc) is 2.85. The van der Waals surface area contributed by atoms with E-state index in [0.717, 1.165) is 30.4 Å². The van der Waals surface area contributed by atoms with Gasteiger partial charge in [0.15, 0.2) is 0 Å². The van der Waals surface area contributed by atoms with Crippen LogP contribution >= 0.6 is 0 Å². The molecule has 0 aliphatic heterocycles. The van der Waals surface area contributed by atoms with E-state index in [4.69, 9.17) is 0 Å². The van der Waals surface area contributed by atoms with Crippen LogP contribution < -0.4 is 9.62 Å². The minimum absolute atomic E-state index is 0.0648. The first kappa shape index (κ1) is 24.0. The molecule has 0 fully saturated rings. The Bertz CT molecular complexity index is 1240. The minimum Gasteiger partial charge on any atom is -0.345 e. The highest BCUT2D eigenvalue weighted by atomic mass is 32.2. The van der Waals surface area contributed by atoms with Crippen molar-refractivity contribution in [2.75, 3.05) is 10.6 Å². The molecule has 1 N–H and O–H groups in total. The molecule has 6 heteroatoms. The number of carbonyl (C=O) groups is 1. The first-order valence-corrected chi connectivity index (χ1v) is 13.7. The standard InChI is InChI=1S/C28H32N2O3S/c1-3-27(25-14-13-22-11-7-8-12-24(22)19-25)29-28(31)23-15-17-26(18-16-23)30(34(2,32)33)20-21-9-5-4-6-10-21/h4-6,9-10,13-19,27H,3,7-8,11-12,20H2,1-2H3,(H,29,31)/t27-/m1/s1. The van der Waals surface area contributed by atoms with E-state index in [1.807, 2.05) is 30.3 Å². The number of anilines is 1. The van der Waals surface area contributed by atoms with E-state index >= 15 is 0 Å². The van der Waals surface area contributed by atoms with Crippen molar-refractivity contribution in [3.63, 3.8) is 0 Å². The normalized spacial score (nSPS) is 14.2. The second-order valence-electron chi connectivity index (χ2n) is 8.97. The molecule has 0 heterocycles. The maximum absolute atomic E-state index is 13.0. The van der Waals surface area contributed by atoms with Gasteiger partial charge in [0.05, 0.1) is 24.5 Å². The Morgan fingerprint density at radius 3 is 2.26 bits per heavy atom. The van der Waals surface area contributed by atoms with Crippen LogP contribution in [-0.4, -0.2) is 20.6 Å². The summed E-state index contributed by atoms with van der Waals surface area (Å²) in [5.74, 6) is -0.162. The lowest BCUT2D eigenvalue weighted by Gasteiger charge is -2.23. The Hall–Kier alpha value is -3.12. The predicted molar refractivity (Wildman–Crippen MR) is 137 cm³/mol. The van der Waals surface area contributed by atoms with Gasteiger partial charge in [0, 0.05) is 5.56 Å². The van der Waals surface area contributed by atoms with Gasteiger partial charge in [-0.15, -0.1) is 0 Å². The molecule has 34 heavy (non-hydrogen) atoms. The van der Waals surface area contributed by atoms with Gasteiger partial charge in [-0.2, -0.15) is 0 Å². The number of sulfonamides is 1. The number of nitrogens with one attached hydrogen (secondary N) is 1. The van der Waals surface area contributed by atoms with Gasteiger partial charge in [-0.25, -0.2) is 8.42 Å². The number of carbonyl (C=O) groups excluding carboxylic acids is 1. The lowest BCUT2D eigenvalue weighted by atomic mass is 9.88. The van der Waals surface area contributed by atoms with Crippen molar-refractivity contribution in [3.05, 3.63) is 101 Å². The molecule has 3 aromatic carbocycles. The fourth-order valence-electron chi connectivity index (χ4n) is 4.56. The number of benzene rings is 3. The third-order valence-corrected chi connectivity index (χ3v) is 7.62. The molecule has 3 aromatic rings. The molecular formula is C28H32N2O3S. The van der Waals surface area contributed by atoms with Gasteiger partial charge in [-0.05, 0) is 78.6 Å². The van der Waals surface area contributed by atoms with E-state index < -0.39 is 10.0 Å². The van der Waals surface area contributed by atoms with Crippen molar-refractivity contribution in [2.24, 2.45) is 0 Å². The molecule has 0 saturated carbocycles. The van der Waals surface area contributed by atoms with Crippen molar-refractivity contribution in [1.82, 2.24) is 5.32 Å². The molecule has 0 spiro atoms. The molecule has 0 unspecified atom stereocenters. The topological polar surface area (TPSA) is 66.5 Å². The van der Waals surface area contributed by atoms with E-state index in [1.165, 1.54) is 34.5 Å². The van der Waals surface area contributed by atoms with E-state index in [2.05, 4.69) is 30.4 Å². The van der Waals surface area contributed by atoms with E-state index in [9.17, 15) is 13.2 Å². The van der Waals surface area contributed by atoms with Crippen molar-refractivity contribution >= 4 is 21.6 Å². The fourth-order valence-corrected chi connectivity index (χ4v) is 5.45. The second-order valence-corrected chi connectivity index (χ2v) is 10.9. The van der Waals surface area contributed by atoms with Crippen LogP contribution in [0, 0.1) is 0 Å². The molecule has 0 saturated heterocycles. The number of aryl methyl sites for hydroxylation is 2. The zero-order valence-corrected chi connectivity index (χ0v) is 20.6. The van der Waals surface area contributed by atoms with Gasteiger partial charge in [-0.3, -0.25) is 9.10 Å². The maximum Gasteiger partial charge on any atom is 0.251 e. The van der Waals surface area contributed by atoms with Gasteiger partial charge in [0.2, 0.25) is 10.0 Å². The van der Waals surface area contributed by atoms with E-state index in [1.54, 1.807) is 24.3 Å². The third kappa shape index (κ3) is 5.68. The van der Waals surface area contributed by atoms with Gasteiger partial charge in [0.25, 0.3) is 5.91 Å². The van der Waals surface area contributed by atoms with Crippen LogP contribution in [0.2, 0.25) is 0 Å². The summed E-state index contributed by atoms with van der Waals surface area (Å²) in [6.07, 6.45) is 6.70.